The number of carbonyl (C=O) groups is 1. The highest BCUT2D eigenvalue weighted by atomic mass is 19.2. The molecule has 7 heteroatoms. The first-order valence-electron chi connectivity index (χ1n) is 5.70. The van der Waals surface area contributed by atoms with Crippen molar-refractivity contribution in [3.8, 4) is 0 Å². The van der Waals surface area contributed by atoms with E-state index < -0.39 is 11.6 Å². The second-order valence-corrected chi connectivity index (χ2v) is 3.90. The molecule has 1 N–H and O–H groups in total. The number of carbonyl (C=O) groups excluding carboxylic acids is 1. The van der Waals surface area contributed by atoms with E-state index in [9.17, 15) is 13.6 Å². The van der Waals surface area contributed by atoms with Crippen LogP contribution in [0.2, 0.25) is 0 Å². The van der Waals surface area contributed by atoms with Crippen LogP contribution < -0.4 is 0 Å². The maximum atomic E-state index is 13.1. The van der Waals surface area contributed by atoms with Gasteiger partial charge >= 0.3 is 0 Å². The highest BCUT2D eigenvalue weighted by Crippen LogP contribution is 2.12. The summed E-state index contributed by atoms with van der Waals surface area (Å²) in [5.41, 5.74) is 0.508. The van der Waals surface area contributed by atoms with Crippen molar-refractivity contribution in [1.29, 1.82) is 0 Å². The maximum absolute atomic E-state index is 13.1. The van der Waals surface area contributed by atoms with Crippen LogP contribution in [0.25, 0.3) is 0 Å². The molecule has 0 saturated carbocycles. The highest BCUT2D eigenvalue weighted by Gasteiger charge is 2.17. The lowest BCUT2D eigenvalue weighted by atomic mass is 10.2. The standard InChI is InChI=1S/C12H12F2N4O/c1-2-18(12(19)11-15-7-16-17-11)6-8-3-4-9(13)10(14)5-8/h3-5,7H,2,6H2,1H3,(H,15,16,17). The van der Waals surface area contributed by atoms with E-state index >= 15 is 0 Å². The molecule has 1 amide bonds. The van der Waals surface area contributed by atoms with E-state index in [1.165, 1.54) is 17.3 Å². The highest BCUT2D eigenvalue weighted by molar-refractivity contribution is 5.90. The van der Waals surface area contributed by atoms with Crippen LogP contribution in [-0.4, -0.2) is 32.5 Å². The third-order valence-electron chi connectivity index (χ3n) is 2.64. The van der Waals surface area contributed by atoms with Crippen LogP contribution in [0.4, 0.5) is 8.78 Å². The molecule has 1 heterocycles. The minimum atomic E-state index is -0.930. The van der Waals surface area contributed by atoms with Crippen molar-refractivity contribution in [3.63, 3.8) is 0 Å². The normalized spacial score (nSPS) is 10.5. The van der Waals surface area contributed by atoms with Gasteiger partial charge in [-0.05, 0) is 24.6 Å². The van der Waals surface area contributed by atoms with E-state index in [2.05, 4.69) is 15.2 Å². The van der Waals surface area contributed by atoms with Crippen molar-refractivity contribution in [1.82, 2.24) is 20.1 Å². The Hall–Kier alpha value is -2.31. The molecule has 0 aliphatic carbocycles. The lowest BCUT2D eigenvalue weighted by molar-refractivity contribution is 0.0740. The van der Waals surface area contributed by atoms with Gasteiger partial charge in [-0.25, -0.2) is 13.8 Å². The molecule has 100 valence electrons. The van der Waals surface area contributed by atoms with Crippen molar-refractivity contribution in [3.05, 3.63) is 47.5 Å². The van der Waals surface area contributed by atoms with E-state index in [1.807, 2.05) is 0 Å². The molecule has 0 atom stereocenters. The number of amides is 1. The van der Waals surface area contributed by atoms with E-state index in [0.717, 1.165) is 12.1 Å². The summed E-state index contributed by atoms with van der Waals surface area (Å²) in [5, 5.41) is 6.07. The summed E-state index contributed by atoms with van der Waals surface area (Å²) >= 11 is 0. The van der Waals surface area contributed by atoms with Crippen LogP contribution in [0.1, 0.15) is 23.1 Å². The van der Waals surface area contributed by atoms with Gasteiger partial charge in [0.15, 0.2) is 11.6 Å². The Kier molecular flexibility index (Phi) is 3.84. The zero-order valence-electron chi connectivity index (χ0n) is 10.2. The summed E-state index contributed by atoms with van der Waals surface area (Å²) in [4.78, 5) is 17.2. The Labute approximate surface area is 108 Å². The van der Waals surface area contributed by atoms with Crippen LogP contribution in [0.3, 0.4) is 0 Å². The minimum absolute atomic E-state index is 0.115. The lowest BCUT2D eigenvalue weighted by Gasteiger charge is -2.19. The fourth-order valence-corrected chi connectivity index (χ4v) is 1.64. The Morgan fingerprint density at radius 3 is 2.74 bits per heavy atom. The number of nitrogens with one attached hydrogen (secondary N) is 1. The smallest absolute Gasteiger partial charge is 0.291 e. The topological polar surface area (TPSA) is 61.9 Å². The molecule has 0 spiro atoms. The van der Waals surface area contributed by atoms with Gasteiger partial charge in [0.05, 0.1) is 0 Å². The Bertz CT molecular complexity index is 571. The fourth-order valence-electron chi connectivity index (χ4n) is 1.64. The van der Waals surface area contributed by atoms with Crippen LogP contribution >= 0.6 is 0 Å². The van der Waals surface area contributed by atoms with Crippen LogP contribution in [0.15, 0.2) is 24.5 Å². The summed E-state index contributed by atoms with van der Waals surface area (Å²) in [6, 6.07) is 3.55. The number of rotatable bonds is 4. The SMILES string of the molecule is CCN(Cc1ccc(F)c(F)c1)C(=O)c1ncn[nH]1. The van der Waals surface area contributed by atoms with Crippen LogP contribution in [0.5, 0.6) is 0 Å². The summed E-state index contributed by atoms with van der Waals surface area (Å²) in [6.07, 6.45) is 1.23. The molecule has 5 nitrogen and oxygen atoms in total. The summed E-state index contributed by atoms with van der Waals surface area (Å²) < 4.78 is 25.9. The average Bonchev–Trinajstić information content (AvgIpc) is 2.93. The molecule has 0 unspecified atom stereocenters. The molecular formula is C12H12F2N4O. The third-order valence-corrected chi connectivity index (χ3v) is 2.64. The molecule has 2 rings (SSSR count). The van der Waals surface area contributed by atoms with Gasteiger partial charge in [-0.3, -0.25) is 9.89 Å². The number of hydrogen-bond acceptors (Lipinski definition) is 3. The number of benzene rings is 1. The van der Waals surface area contributed by atoms with Crippen molar-refractivity contribution in [2.24, 2.45) is 0 Å². The summed E-state index contributed by atoms with van der Waals surface area (Å²) in [6.45, 7) is 2.37. The third kappa shape index (κ3) is 2.93. The van der Waals surface area contributed by atoms with Gasteiger partial charge < -0.3 is 4.90 Å². The molecular weight excluding hydrogens is 254 g/mol. The first-order chi connectivity index (χ1) is 9.11. The number of aromatic nitrogens is 3. The van der Waals surface area contributed by atoms with Crippen molar-refractivity contribution >= 4 is 5.91 Å². The molecule has 0 fully saturated rings. The van der Waals surface area contributed by atoms with E-state index in [-0.39, 0.29) is 18.3 Å². The molecule has 0 bridgehead atoms. The lowest BCUT2D eigenvalue weighted by Crippen LogP contribution is -2.31. The average molecular weight is 266 g/mol. The molecule has 0 aliphatic rings. The maximum Gasteiger partial charge on any atom is 0.291 e. The zero-order chi connectivity index (χ0) is 13.8. The van der Waals surface area contributed by atoms with Gasteiger partial charge in [0.1, 0.15) is 6.33 Å². The quantitative estimate of drug-likeness (QED) is 0.917. The van der Waals surface area contributed by atoms with Crippen LogP contribution in [0, 0.1) is 11.6 Å². The number of hydrogen-bond donors (Lipinski definition) is 1. The largest absolute Gasteiger partial charge is 0.332 e. The van der Waals surface area contributed by atoms with Crippen molar-refractivity contribution < 1.29 is 13.6 Å². The Morgan fingerprint density at radius 2 is 2.16 bits per heavy atom. The molecule has 1 aromatic carbocycles. The monoisotopic (exact) mass is 266 g/mol. The van der Waals surface area contributed by atoms with Crippen LogP contribution in [-0.2, 0) is 6.54 Å². The van der Waals surface area contributed by atoms with E-state index in [1.54, 1.807) is 6.92 Å². The van der Waals surface area contributed by atoms with Gasteiger partial charge in [-0.2, -0.15) is 5.10 Å². The molecule has 19 heavy (non-hydrogen) atoms. The fraction of sp³-hybridized carbons (Fsp3) is 0.250. The van der Waals surface area contributed by atoms with Crippen molar-refractivity contribution in [2.45, 2.75) is 13.5 Å². The van der Waals surface area contributed by atoms with Crippen molar-refractivity contribution in [2.75, 3.05) is 6.54 Å². The van der Waals surface area contributed by atoms with E-state index in [0.29, 0.717) is 12.1 Å². The van der Waals surface area contributed by atoms with Gasteiger partial charge in [-0.15, -0.1) is 0 Å². The molecule has 2 aromatic rings. The Morgan fingerprint density at radius 1 is 1.37 bits per heavy atom. The van der Waals surface area contributed by atoms with E-state index in [4.69, 9.17) is 0 Å². The first-order valence-corrected chi connectivity index (χ1v) is 5.70. The molecule has 0 saturated heterocycles. The number of aromatic amines is 1. The molecule has 1 aromatic heterocycles. The number of nitrogens with zero attached hydrogens (tertiary/aromatic N) is 3. The summed E-state index contributed by atoms with van der Waals surface area (Å²) in [5.74, 6) is -2.07. The first kappa shape index (κ1) is 13.1. The zero-order valence-corrected chi connectivity index (χ0v) is 10.2. The van der Waals surface area contributed by atoms with Gasteiger partial charge in [-0.1, -0.05) is 6.07 Å². The Balaban J connectivity index is 2.15. The van der Waals surface area contributed by atoms with Gasteiger partial charge in [0.2, 0.25) is 5.82 Å². The predicted molar refractivity (Wildman–Crippen MR) is 63.2 cm³/mol. The predicted octanol–water partition coefficient (Wildman–Crippen LogP) is 1.75. The number of halogens is 2. The second-order valence-electron chi connectivity index (χ2n) is 3.90. The molecule has 0 radical (unpaired) electrons. The second kappa shape index (κ2) is 5.55. The molecule has 0 aliphatic heterocycles. The minimum Gasteiger partial charge on any atom is -0.332 e. The van der Waals surface area contributed by atoms with Gasteiger partial charge in [0, 0.05) is 13.1 Å². The summed E-state index contributed by atoms with van der Waals surface area (Å²) in [7, 11) is 0. The number of H-pyrrole nitrogens is 1. The van der Waals surface area contributed by atoms with Gasteiger partial charge in [0.25, 0.3) is 5.91 Å².